The molecule has 0 amide bonds. The van der Waals surface area contributed by atoms with Crippen molar-refractivity contribution in [3.63, 3.8) is 0 Å². The van der Waals surface area contributed by atoms with E-state index in [1.54, 1.807) is 0 Å². The van der Waals surface area contributed by atoms with E-state index in [9.17, 15) is 4.79 Å². The Morgan fingerprint density at radius 2 is 2.36 bits per heavy atom. The van der Waals surface area contributed by atoms with Crippen LogP contribution in [0.4, 0.5) is 5.69 Å². The molecule has 0 fully saturated rings. The molecule has 1 aromatic rings. The number of carbonyl (C=O) groups excluding carboxylic acids is 1. The zero-order valence-electron chi connectivity index (χ0n) is 7.79. The van der Waals surface area contributed by atoms with E-state index in [1.165, 1.54) is 5.56 Å². The minimum absolute atomic E-state index is 0.117. The highest BCUT2D eigenvalue weighted by Gasteiger charge is 2.22. The first-order chi connectivity index (χ1) is 6.81. The number of carbonyl (C=O) groups is 1. The van der Waals surface area contributed by atoms with Gasteiger partial charge in [-0.15, -0.1) is 6.42 Å². The van der Waals surface area contributed by atoms with Crippen molar-refractivity contribution in [1.29, 1.82) is 0 Å². The molecule has 1 aromatic carbocycles. The number of anilines is 1. The summed E-state index contributed by atoms with van der Waals surface area (Å²) < 4.78 is 0. The molecular weight excluding hydrogens is 174 g/mol. The van der Waals surface area contributed by atoms with E-state index < -0.39 is 0 Å². The van der Waals surface area contributed by atoms with Gasteiger partial charge in [-0.25, -0.2) is 0 Å². The zero-order chi connectivity index (χ0) is 9.97. The van der Waals surface area contributed by atoms with Crippen LogP contribution in [0, 0.1) is 12.3 Å². The van der Waals surface area contributed by atoms with Gasteiger partial charge in [0.15, 0.2) is 0 Å². The van der Waals surface area contributed by atoms with E-state index in [0.29, 0.717) is 6.42 Å². The topological polar surface area (TPSA) is 29.1 Å². The Hall–Kier alpha value is -1.75. The van der Waals surface area contributed by atoms with Gasteiger partial charge in [-0.2, -0.15) is 0 Å². The summed E-state index contributed by atoms with van der Waals surface area (Å²) in [5, 5.41) is 3.26. The summed E-state index contributed by atoms with van der Waals surface area (Å²) in [7, 11) is 0. The Morgan fingerprint density at radius 3 is 3.14 bits per heavy atom. The number of benzene rings is 1. The van der Waals surface area contributed by atoms with Gasteiger partial charge in [-0.3, -0.25) is 4.79 Å². The lowest BCUT2D eigenvalue weighted by molar-refractivity contribution is -0.114. The number of nitrogens with one attached hydrogen (secondary N) is 1. The van der Waals surface area contributed by atoms with Crippen LogP contribution in [0.3, 0.4) is 0 Å². The van der Waals surface area contributed by atoms with Crippen molar-refractivity contribution in [3.8, 4) is 12.3 Å². The van der Waals surface area contributed by atoms with Gasteiger partial charge in [0.25, 0.3) is 0 Å². The maximum atomic E-state index is 11.1. The summed E-state index contributed by atoms with van der Waals surface area (Å²) in [5.74, 6) is 2.28. The Balaban J connectivity index is 2.19. The van der Waals surface area contributed by atoms with Crippen LogP contribution in [-0.2, 0) is 4.79 Å². The summed E-state index contributed by atoms with van der Waals surface area (Å²) in [6, 6.07) is 8.04. The molecule has 0 bridgehead atoms. The highest BCUT2D eigenvalue weighted by atomic mass is 16.1. The van der Waals surface area contributed by atoms with Crippen LogP contribution in [0.1, 0.15) is 17.9 Å². The maximum absolute atomic E-state index is 11.1. The minimum atomic E-state index is -0.117. The highest BCUT2D eigenvalue weighted by molar-refractivity contribution is 5.95. The second kappa shape index (κ2) is 3.55. The average molecular weight is 185 g/mol. The van der Waals surface area contributed by atoms with Gasteiger partial charge in [-0.1, -0.05) is 18.2 Å². The lowest BCUT2D eigenvalue weighted by Gasteiger charge is -2.05. The molecule has 0 aliphatic carbocycles. The van der Waals surface area contributed by atoms with Crippen LogP contribution in [0.25, 0.3) is 0 Å². The molecule has 2 nitrogen and oxygen atoms in total. The molecule has 0 radical (unpaired) electrons. The van der Waals surface area contributed by atoms with Crippen molar-refractivity contribution >= 4 is 11.5 Å². The first kappa shape index (κ1) is 8.83. The standard InChI is InChI=1S/C12H11NO/c1-2-10(14)7-9-8-13-12-6-4-3-5-11(9)12/h1,3-6,9,13H,7-8H2. The number of rotatable bonds is 2. The largest absolute Gasteiger partial charge is 0.384 e. The molecule has 0 saturated carbocycles. The SMILES string of the molecule is C#CC(=O)CC1CNc2ccccc21. The molecule has 2 heteroatoms. The number of terminal acetylenes is 1. The molecule has 0 spiro atoms. The molecule has 1 N–H and O–H groups in total. The van der Waals surface area contributed by atoms with Gasteiger partial charge in [0.2, 0.25) is 5.78 Å². The van der Waals surface area contributed by atoms with Crippen molar-refractivity contribution < 1.29 is 4.79 Å². The first-order valence-electron chi connectivity index (χ1n) is 4.63. The normalized spacial score (nSPS) is 18.1. The summed E-state index contributed by atoms with van der Waals surface area (Å²) in [5.41, 5.74) is 2.33. The number of fused-ring (bicyclic) bond motifs is 1. The Kier molecular flexibility index (Phi) is 2.24. The van der Waals surface area contributed by atoms with Gasteiger partial charge < -0.3 is 5.32 Å². The van der Waals surface area contributed by atoms with Crippen molar-refractivity contribution in [1.82, 2.24) is 0 Å². The average Bonchev–Trinajstić information content (AvgIpc) is 2.62. The highest BCUT2D eigenvalue weighted by Crippen LogP contribution is 2.32. The lowest BCUT2D eigenvalue weighted by atomic mass is 9.96. The van der Waals surface area contributed by atoms with Crippen molar-refractivity contribution in [3.05, 3.63) is 29.8 Å². The fourth-order valence-electron chi connectivity index (χ4n) is 1.82. The molecule has 1 unspecified atom stereocenters. The number of hydrogen-bond donors (Lipinski definition) is 1. The van der Waals surface area contributed by atoms with Gasteiger partial charge in [0, 0.05) is 24.6 Å². The van der Waals surface area contributed by atoms with Crippen molar-refractivity contribution in [2.75, 3.05) is 11.9 Å². The van der Waals surface area contributed by atoms with Crippen LogP contribution < -0.4 is 5.32 Å². The Labute approximate surface area is 83.3 Å². The monoisotopic (exact) mass is 185 g/mol. The molecule has 70 valence electrons. The summed E-state index contributed by atoms with van der Waals surface area (Å²) in [4.78, 5) is 11.1. The van der Waals surface area contributed by atoms with Crippen LogP contribution in [-0.4, -0.2) is 12.3 Å². The molecule has 1 aliphatic heterocycles. The lowest BCUT2D eigenvalue weighted by Crippen LogP contribution is -2.07. The molecule has 1 atom stereocenters. The number of hydrogen-bond acceptors (Lipinski definition) is 2. The van der Waals surface area contributed by atoms with E-state index in [0.717, 1.165) is 12.2 Å². The van der Waals surface area contributed by atoms with Crippen LogP contribution in [0.5, 0.6) is 0 Å². The predicted octanol–water partition coefficient (Wildman–Crippen LogP) is 1.79. The molecule has 0 saturated heterocycles. The van der Waals surface area contributed by atoms with Crippen LogP contribution in [0.15, 0.2) is 24.3 Å². The van der Waals surface area contributed by atoms with Crippen LogP contribution in [0.2, 0.25) is 0 Å². The molecule has 1 aliphatic rings. The fourth-order valence-corrected chi connectivity index (χ4v) is 1.82. The number of ketones is 1. The van der Waals surface area contributed by atoms with Crippen LogP contribution >= 0.6 is 0 Å². The predicted molar refractivity (Wildman–Crippen MR) is 56.1 cm³/mol. The van der Waals surface area contributed by atoms with Gasteiger partial charge in [-0.05, 0) is 17.6 Å². The Bertz CT molecular complexity index is 403. The third-order valence-corrected chi connectivity index (χ3v) is 2.53. The minimum Gasteiger partial charge on any atom is -0.384 e. The number of para-hydroxylation sites is 1. The van der Waals surface area contributed by atoms with E-state index in [-0.39, 0.29) is 11.7 Å². The van der Waals surface area contributed by atoms with E-state index >= 15 is 0 Å². The number of Topliss-reactive ketones (excluding diaryl/α,β-unsaturated/α-hetero) is 1. The molecular formula is C12H11NO. The summed E-state index contributed by atoms with van der Waals surface area (Å²) >= 11 is 0. The maximum Gasteiger partial charge on any atom is 0.205 e. The second-order valence-corrected chi connectivity index (χ2v) is 3.44. The smallest absolute Gasteiger partial charge is 0.205 e. The van der Waals surface area contributed by atoms with Gasteiger partial charge in [0.1, 0.15) is 0 Å². The van der Waals surface area contributed by atoms with Crippen molar-refractivity contribution in [2.45, 2.75) is 12.3 Å². The zero-order valence-corrected chi connectivity index (χ0v) is 7.79. The quantitative estimate of drug-likeness (QED) is 0.562. The van der Waals surface area contributed by atoms with Gasteiger partial charge in [0.05, 0.1) is 0 Å². The Morgan fingerprint density at radius 1 is 1.57 bits per heavy atom. The van der Waals surface area contributed by atoms with Crippen molar-refractivity contribution in [2.24, 2.45) is 0 Å². The third kappa shape index (κ3) is 1.49. The molecule has 14 heavy (non-hydrogen) atoms. The fraction of sp³-hybridized carbons (Fsp3) is 0.250. The van der Waals surface area contributed by atoms with E-state index in [1.807, 2.05) is 24.3 Å². The van der Waals surface area contributed by atoms with E-state index in [2.05, 4.69) is 11.2 Å². The summed E-state index contributed by atoms with van der Waals surface area (Å²) in [6.07, 6.45) is 5.50. The third-order valence-electron chi connectivity index (χ3n) is 2.53. The molecule has 2 rings (SSSR count). The molecule has 0 aromatic heterocycles. The second-order valence-electron chi connectivity index (χ2n) is 3.44. The van der Waals surface area contributed by atoms with E-state index in [4.69, 9.17) is 6.42 Å². The summed E-state index contributed by atoms with van der Waals surface area (Å²) in [6.45, 7) is 0.812. The van der Waals surface area contributed by atoms with Gasteiger partial charge >= 0.3 is 0 Å². The molecule has 1 heterocycles. The first-order valence-corrected chi connectivity index (χ1v) is 4.63.